The monoisotopic (exact) mass is 260 g/mol. The summed E-state index contributed by atoms with van der Waals surface area (Å²) in [6.45, 7) is 6.61. The van der Waals surface area contributed by atoms with Gasteiger partial charge in [-0.2, -0.15) is 0 Å². The largest absolute Gasteiger partial charge is 0.347 e. The van der Waals surface area contributed by atoms with Crippen LogP contribution in [0.1, 0.15) is 44.0 Å². The van der Waals surface area contributed by atoms with Crippen LogP contribution in [0.15, 0.2) is 24.3 Å². The SMILES string of the molecule is CC(C)(C)NC(=O)c1ccc(N2CCCC2=O)cc1. The standard InChI is InChI=1S/C15H20N2O2/c1-15(2,3)16-14(19)11-6-8-12(9-7-11)17-10-4-5-13(17)18/h6-9H,4-5,10H2,1-3H3,(H,16,19). The zero-order chi connectivity index (χ0) is 14.0. The number of nitrogens with one attached hydrogen (secondary N) is 1. The van der Waals surface area contributed by atoms with Crippen LogP contribution in [0.5, 0.6) is 0 Å². The minimum Gasteiger partial charge on any atom is -0.347 e. The highest BCUT2D eigenvalue weighted by atomic mass is 16.2. The van der Waals surface area contributed by atoms with E-state index >= 15 is 0 Å². The Morgan fingerprint density at radius 3 is 2.32 bits per heavy atom. The molecule has 0 bridgehead atoms. The molecule has 0 saturated carbocycles. The van der Waals surface area contributed by atoms with Crippen LogP contribution < -0.4 is 10.2 Å². The fourth-order valence-corrected chi connectivity index (χ4v) is 2.13. The van der Waals surface area contributed by atoms with Gasteiger partial charge in [-0.25, -0.2) is 0 Å². The van der Waals surface area contributed by atoms with Gasteiger partial charge in [0, 0.05) is 29.8 Å². The number of amides is 2. The predicted molar refractivity (Wildman–Crippen MR) is 75.2 cm³/mol. The minimum absolute atomic E-state index is 0.0909. The molecule has 0 aromatic heterocycles. The summed E-state index contributed by atoms with van der Waals surface area (Å²) in [5.41, 5.74) is 1.24. The zero-order valence-electron chi connectivity index (χ0n) is 11.7. The Balaban J connectivity index is 2.10. The van der Waals surface area contributed by atoms with Gasteiger partial charge in [0.1, 0.15) is 0 Å². The summed E-state index contributed by atoms with van der Waals surface area (Å²) in [7, 11) is 0. The van der Waals surface area contributed by atoms with Gasteiger partial charge in [-0.3, -0.25) is 9.59 Å². The molecule has 1 aromatic carbocycles. The van der Waals surface area contributed by atoms with Crippen molar-refractivity contribution in [2.75, 3.05) is 11.4 Å². The van der Waals surface area contributed by atoms with Gasteiger partial charge in [0.2, 0.25) is 5.91 Å². The molecule has 102 valence electrons. The van der Waals surface area contributed by atoms with Crippen LogP contribution in [0.4, 0.5) is 5.69 Å². The van der Waals surface area contributed by atoms with Gasteiger partial charge < -0.3 is 10.2 Å². The van der Waals surface area contributed by atoms with Crippen molar-refractivity contribution in [3.63, 3.8) is 0 Å². The van der Waals surface area contributed by atoms with Crippen LogP contribution >= 0.6 is 0 Å². The number of hydrogen-bond acceptors (Lipinski definition) is 2. The molecule has 1 N–H and O–H groups in total. The van der Waals surface area contributed by atoms with Gasteiger partial charge in [-0.05, 0) is 51.5 Å². The molecule has 4 nitrogen and oxygen atoms in total. The van der Waals surface area contributed by atoms with E-state index in [1.54, 1.807) is 17.0 Å². The summed E-state index contributed by atoms with van der Waals surface area (Å²) in [6, 6.07) is 7.20. The first kappa shape index (κ1) is 13.6. The van der Waals surface area contributed by atoms with Crippen molar-refractivity contribution in [3.8, 4) is 0 Å². The van der Waals surface area contributed by atoms with E-state index in [1.165, 1.54) is 0 Å². The smallest absolute Gasteiger partial charge is 0.251 e. The second-order valence-corrected chi connectivity index (χ2v) is 5.90. The molecular formula is C15H20N2O2. The normalized spacial score (nSPS) is 15.7. The summed E-state index contributed by atoms with van der Waals surface area (Å²) in [5.74, 6) is 0.0682. The molecule has 2 rings (SSSR count). The van der Waals surface area contributed by atoms with Gasteiger partial charge in [-0.1, -0.05) is 0 Å². The second kappa shape index (κ2) is 5.03. The second-order valence-electron chi connectivity index (χ2n) is 5.90. The summed E-state index contributed by atoms with van der Waals surface area (Å²) < 4.78 is 0. The third-order valence-electron chi connectivity index (χ3n) is 3.00. The highest BCUT2D eigenvalue weighted by Gasteiger charge is 2.22. The Labute approximate surface area is 113 Å². The van der Waals surface area contributed by atoms with E-state index in [0.717, 1.165) is 18.7 Å². The summed E-state index contributed by atoms with van der Waals surface area (Å²) in [5, 5.41) is 2.91. The van der Waals surface area contributed by atoms with E-state index in [1.807, 2.05) is 32.9 Å². The third-order valence-corrected chi connectivity index (χ3v) is 3.00. The third kappa shape index (κ3) is 3.34. The number of benzene rings is 1. The number of nitrogens with zero attached hydrogens (tertiary/aromatic N) is 1. The molecular weight excluding hydrogens is 240 g/mol. The van der Waals surface area contributed by atoms with E-state index in [0.29, 0.717) is 12.0 Å². The minimum atomic E-state index is -0.249. The number of carbonyl (C=O) groups is 2. The van der Waals surface area contributed by atoms with Crippen LogP contribution in [-0.4, -0.2) is 23.9 Å². The molecule has 19 heavy (non-hydrogen) atoms. The van der Waals surface area contributed by atoms with Crippen LogP contribution in [-0.2, 0) is 4.79 Å². The van der Waals surface area contributed by atoms with E-state index < -0.39 is 0 Å². The Hall–Kier alpha value is -1.84. The average molecular weight is 260 g/mol. The van der Waals surface area contributed by atoms with Crippen molar-refractivity contribution >= 4 is 17.5 Å². The van der Waals surface area contributed by atoms with Crippen molar-refractivity contribution in [2.24, 2.45) is 0 Å². The quantitative estimate of drug-likeness (QED) is 0.887. The lowest BCUT2D eigenvalue weighted by Gasteiger charge is -2.21. The van der Waals surface area contributed by atoms with Gasteiger partial charge in [0.25, 0.3) is 5.91 Å². The molecule has 0 atom stereocenters. The molecule has 0 radical (unpaired) electrons. The molecule has 1 aliphatic rings. The summed E-state index contributed by atoms with van der Waals surface area (Å²) in [6.07, 6.45) is 1.53. The molecule has 1 aliphatic heterocycles. The lowest BCUT2D eigenvalue weighted by atomic mass is 10.1. The topological polar surface area (TPSA) is 49.4 Å². The first-order chi connectivity index (χ1) is 8.87. The Bertz CT molecular complexity index is 486. The van der Waals surface area contributed by atoms with E-state index in [9.17, 15) is 9.59 Å². The Morgan fingerprint density at radius 2 is 1.84 bits per heavy atom. The van der Waals surface area contributed by atoms with Gasteiger partial charge >= 0.3 is 0 Å². The van der Waals surface area contributed by atoms with Gasteiger partial charge in [0.15, 0.2) is 0 Å². The maximum absolute atomic E-state index is 12.0. The molecule has 1 saturated heterocycles. The average Bonchev–Trinajstić information content (AvgIpc) is 2.73. The van der Waals surface area contributed by atoms with Crippen LogP contribution in [0.2, 0.25) is 0 Å². The summed E-state index contributed by atoms with van der Waals surface area (Å²) >= 11 is 0. The van der Waals surface area contributed by atoms with E-state index in [4.69, 9.17) is 0 Å². The zero-order valence-corrected chi connectivity index (χ0v) is 11.7. The molecule has 1 fully saturated rings. The number of rotatable bonds is 2. The number of hydrogen-bond donors (Lipinski definition) is 1. The lowest BCUT2D eigenvalue weighted by molar-refractivity contribution is -0.117. The molecule has 0 unspecified atom stereocenters. The fourth-order valence-electron chi connectivity index (χ4n) is 2.13. The molecule has 0 aliphatic carbocycles. The van der Waals surface area contributed by atoms with Crippen LogP contribution in [0.3, 0.4) is 0 Å². The molecule has 1 aromatic rings. The van der Waals surface area contributed by atoms with Gasteiger partial charge in [-0.15, -0.1) is 0 Å². The predicted octanol–water partition coefficient (Wildman–Crippen LogP) is 2.34. The Kier molecular flexibility index (Phi) is 3.60. The maximum atomic E-state index is 12.0. The molecule has 0 spiro atoms. The Morgan fingerprint density at radius 1 is 1.21 bits per heavy atom. The van der Waals surface area contributed by atoms with Crippen molar-refractivity contribution in [1.29, 1.82) is 0 Å². The molecule has 4 heteroatoms. The number of anilines is 1. The van der Waals surface area contributed by atoms with Gasteiger partial charge in [0.05, 0.1) is 0 Å². The van der Waals surface area contributed by atoms with Crippen LogP contribution in [0.25, 0.3) is 0 Å². The molecule has 1 heterocycles. The van der Waals surface area contributed by atoms with Crippen molar-refractivity contribution in [1.82, 2.24) is 5.32 Å². The van der Waals surface area contributed by atoms with Crippen molar-refractivity contribution in [3.05, 3.63) is 29.8 Å². The first-order valence-electron chi connectivity index (χ1n) is 6.60. The lowest BCUT2D eigenvalue weighted by Crippen LogP contribution is -2.40. The number of carbonyl (C=O) groups excluding carboxylic acids is 2. The highest BCUT2D eigenvalue weighted by molar-refractivity contribution is 5.97. The van der Waals surface area contributed by atoms with Crippen molar-refractivity contribution in [2.45, 2.75) is 39.2 Å². The fraction of sp³-hybridized carbons (Fsp3) is 0.467. The first-order valence-corrected chi connectivity index (χ1v) is 6.60. The van der Waals surface area contributed by atoms with Crippen molar-refractivity contribution < 1.29 is 9.59 Å². The van der Waals surface area contributed by atoms with E-state index in [2.05, 4.69) is 5.32 Å². The highest BCUT2D eigenvalue weighted by Crippen LogP contribution is 2.21. The molecule has 2 amide bonds. The summed E-state index contributed by atoms with van der Waals surface area (Å²) in [4.78, 5) is 25.4. The van der Waals surface area contributed by atoms with Crippen LogP contribution in [0, 0.1) is 0 Å². The van der Waals surface area contributed by atoms with E-state index in [-0.39, 0.29) is 17.4 Å². The maximum Gasteiger partial charge on any atom is 0.251 e.